The second-order valence-corrected chi connectivity index (χ2v) is 7.48. The molecule has 2 aromatic rings. The first kappa shape index (κ1) is 23.7. The zero-order chi connectivity index (χ0) is 19.8. The van der Waals surface area contributed by atoms with Crippen LogP contribution >= 0.6 is 35.6 Å². The molecule has 1 saturated heterocycles. The van der Waals surface area contributed by atoms with Crippen LogP contribution in [-0.4, -0.2) is 62.7 Å². The zero-order valence-electron chi connectivity index (χ0n) is 17.1. The number of halogens is 2. The van der Waals surface area contributed by atoms with Gasteiger partial charge in [-0.05, 0) is 48.9 Å². The normalized spacial score (nSPS) is 15.0. The number of pyridine rings is 1. The fourth-order valence-corrected chi connectivity index (χ4v) is 3.42. The van der Waals surface area contributed by atoms with Gasteiger partial charge in [-0.1, -0.05) is 23.7 Å². The number of nitrogens with zero attached hydrogens (tertiary/aromatic N) is 4. The number of aromatic nitrogens is 1. The highest BCUT2D eigenvalue weighted by atomic mass is 127. The Hall–Kier alpha value is -1.58. The van der Waals surface area contributed by atoms with E-state index in [2.05, 4.69) is 49.6 Å². The quantitative estimate of drug-likeness (QED) is 0.343. The summed E-state index contributed by atoms with van der Waals surface area (Å²) < 4.78 is 0. The number of hydrogen-bond donors (Lipinski definition) is 2. The maximum atomic E-state index is 6.04. The Morgan fingerprint density at radius 3 is 2.62 bits per heavy atom. The summed E-state index contributed by atoms with van der Waals surface area (Å²) in [6.45, 7) is 5.70. The highest BCUT2D eigenvalue weighted by Crippen LogP contribution is 2.14. The molecule has 3 rings (SSSR count). The number of aliphatic imine (C=N–C) groups is 1. The summed E-state index contributed by atoms with van der Waals surface area (Å²) in [4.78, 5) is 13.6. The van der Waals surface area contributed by atoms with Crippen molar-refractivity contribution in [1.82, 2.24) is 20.5 Å². The number of guanidine groups is 1. The molecule has 1 aromatic heterocycles. The SMILES string of the molecule is CN=C(NCCc1cccc(Cl)c1)NCc1ccnc(N2CCN(C)CC2)c1.I. The van der Waals surface area contributed by atoms with Gasteiger partial charge < -0.3 is 20.4 Å². The van der Waals surface area contributed by atoms with Gasteiger partial charge in [0.15, 0.2) is 5.96 Å². The smallest absolute Gasteiger partial charge is 0.191 e. The van der Waals surface area contributed by atoms with Crippen molar-refractivity contribution in [3.8, 4) is 0 Å². The number of nitrogens with one attached hydrogen (secondary N) is 2. The molecule has 8 heteroatoms. The molecule has 29 heavy (non-hydrogen) atoms. The first-order valence-corrected chi connectivity index (χ1v) is 10.1. The number of anilines is 1. The molecule has 1 aliphatic heterocycles. The van der Waals surface area contributed by atoms with Crippen LogP contribution in [0, 0.1) is 0 Å². The van der Waals surface area contributed by atoms with Crippen molar-refractivity contribution in [3.63, 3.8) is 0 Å². The molecule has 1 aromatic carbocycles. The summed E-state index contributed by atoms with van der Waals surface area (Å²) in [6.07, 6.45) is 2.78. The van der Waals surface area contributed by atoms with E-state index in [0.29, 0.717) is 6.54 Å². The second kappa shape index (κ2) is 12.2. The third-order valence-corrected chi connectivity index (χ3v) is 5.15. The lowest BCUT2D eigenvalue weighted by Crippen LogP contribution is -2.44. The predicted octanol–water partition coefficient (Wildman–Crippen LogP) is 3.01. The first-order chi connectivity index (χ1) is 13.6. The topological polar surface area (TPSA) is 55.8 Å². The molecular formula is C21H30ClIN6. The van der Waals surface area contributed by atoms with Crippen LogP contribution in [0.4, 0.5) is 5.82 Å². The van der Waals surface area contributed by atoms with Gasteiger partial charge in [-0.25, -0.2) is 4.98 Å². The third kappa shape index (κ3) is 7.64. The van der Waals surface area contributed by atoms with Crippen LogP contribution in [-0.2, 0) is 13.0 Å². The Morgan fingerprint density at radius 1 is 1.10 bits per heavy atom. The fourth-order valence-electron chi connectivity index (χ4n) is 3.20. The van der Waals surface area contributed by atoms with Gasteiger partial charge >= 0.3 is 0 Å². The number of hydrogen-bond acceptors (Lipinski definition) is 4. The summed E-state index contributed by atoms with van der Waals surface area (Å²) in [5.74, 6) is 1.84. The summed E-state index contributed by atoms with van der Waals surface area (Å²) >= 11 is 6.04. The van der Waals surface area contributed by atoms with Crippen LogP contribution in [0.1, 0.15) is 11.1 Å². The summed E-state index contributed by atoms with van der Waals surface area (Å²) in [7, 11) is 3.95. The monoisotopic (exact) mass is 528 g/mol. The van der Waals surface area contributed by atoms with Gasteiger partial charge in [0.1, 0.15) is 5.82 Å². The average molecular weight is 529 g/mol. The van der Waals surface area contributed by atoms with Gasteiger partial charge in [0.2, 0.25) is 0 Å². The molecule has 2 N–H and O–H groups in total. The molecule has 1 fully saturated rings. The molecule has 1 aliphatic rings. The van der Waals surface area contributed by atoms with Crippen molar-refractivity contribution in [2.75, 3.05) is 51.7 Å². The summed E-state index contributed by atoms with van der Waals surface area (Å²) in [5.41, 5.74) is 2.41. The molecule has 0 saturated carbocycles. The fraction of sp³-hybridized carbons (Fsp3) is 0.429. The second-order valence-electron chi connectivity index (χ2n) is 7.05. The standard InChI is InChI=1S/C21H29ClN6.HI/c1-23-21(25-9-6-17-4-3-5-19(22)14-17)26-16-18-7-8-24-20(15-18)28-12-10-27(2)11-13-28;/h3-5,7-8,14-15H,6,9-13,16H2,1-2H3,(H2,23,25,26);1H. The van der Waals surface area contributed by atoms with E-state index in [0.717, 1.165) is 55.9 Å². The highest BCUT2D eigenvalue weighted by Gasteiger charge is 2.15. The molecule has 0 amide bonds. The Morgan fingerprint density at radius 2 is 1.90 bits per heavy atom. The summed E-state index contributed by atoms with van der Waals surface area (Å²) in [6, 6.07) is 12.2. The molecule has 0 bridgehead atoms. The van der Waals surface area contributed by atoms with E-state index in [1.807, 2.05) is 30.5 Å². The highest BCUT2D eigenvalue weighted by molar-refractivity contribution is 14.0. The lowest BCUT2D eigenvalue weighted by molar-refractivity contribution is 0.312. The largest absolute Gasteiger partial charge is 0.356 e. The van der Waals surface area contributed by atoms with E-state index in [9.17, 15) is 0 Å². The first-order valence-electron chi connectivity index (χ1n) is 9.71. The lowest BCUT2D eigenvalue weighted by atomic mass is 10.1. The van der Waals surface area contributed by atoms with Crippen molar-refractivity contribution < 1.29 is 0 Å². The average Bonchev–Trinajstić information content (AvgIpc) is 2.71. The molecule has 0 atom stereocenters. The van der Waals surface area contributed by atoms with E-state index in [1.54, 1.807) is 7.05 Å². The molecule has 0 unspecified atom stereocenters. The van der Waals surface area contributed by atoms with Crippen molar-refractivity contribution in [2.24, 2.45) is 4.99 Å². The van der Waals surface area contributed by atoms with E-state index in [1.165, 1.54) is 11.1 Å². The zero-order valence-corrected chi connectivity index (χ0v) is 20.2. The van der Waals surface area contributed by atoms with Crippen LogP contribution in [0.15, 0.2) is 47.6 Å². The predicted molar refractivity (Wildman–Crippen MR) is 133 cm³/mol. The Kier molecular flexibility index (Phi) is 9.96. The Balaban J connectivity index is 0.00000300. The Labute approximate surface area is 195 Å². The van der Waals surface area contributed by atoms with E-state index >= 15 is 0 Å². The molecule has 158 valence electrons. The van der Waals surface area contributed by atoms with Gasteiger partial charge in [0.25, 0.3) is 0 Å². The number of piperazine rings is 1. The van der Waals surface area contributed by atoms with Crippen molar-refractivity contribution in [3.05, 3.63) is 58.7 Å². The molecule has 0 spiro atoms. The molecule has 0 aliphatic carbocycles. The third-order valence-electron chi connectivity index (χ3n) is 4.92. The molecule has 6 nitrogen and oxygen atoms in total. The minimum atomic E-state index is 0. The van der Waals surface area contributed by atoms with Gasteiger partial charge in [-0.2, -0.15) is 0 Å². The van der Waals surface area contributed by atoms with Crippen LogP contribution in [0.25, 0.3) is 0 Å². The maximum absolute atomic E-state index is 6.04. The van der Waals surface area contributed by atoms with Gasteiger partial charge in [-0.3, -0.25) is 4.99 Å². The van der Waals surface area contributed by atoms with Gasteiger partial charge in [0.05, 0.1) is 0 Å². The van der Waals surface area contributed by atoms with Crippen LogP contribution in [0.2, 0.25) is 5.02 Å². The minimum Gasteiger partial charge on any atom is -0.356 e. The van der Waals surface area contributed by atoms with Crippen LogP contribution < -0.4 is 15.5 Å². The van der Waals surface area contributed by atoms with Crippen LogP contribution in [0.3, 0.4) is 0 Å². The molecule has 2 heterocycles. The maximum Gasteiger partial charge on any atom is 0.191 e. The van der Waals surface area contributed by atoms with E-state index in [4.69, 9.17) is 11.6 Å². The summed E-state index contributed by atoms with van der Waals surface area (Å²) in [5, 5.41) is 7.51. The van der Waals surface area contributed by atoms with E-state index < -0.39 is 0 Å². The van der Waals surface area contributed by atoms with Gasteiger partial charge in [-0.15, -0.1) is 24.0 Å². The van der Waals surface area contributed by atoms with Crippen molar-refractivity contribution in [2.45, 2.75) is 13.0 Å². The number of likely N-dealkylation sites (N-methyl/N-ethyl adjacent to an activating group) is 1. The van der Waals surface area contributed by atoms with E-state index in [-0.39, 0.29) is 24.0 Å². The molecule has 0 radical (unpaired) electrons. The number of benzene rings is 1. The minimum absolute atomic E-state index is 0. The van der Waals surface area contributed by atoms with Crippen LogP contribution in [0.5, 0.6) is 0 Å². The van der Waals surface area contributed by atoms with Crippen molar-refractivity contribution in [1.29, 1.82) is 0 Å². The molecular weight excluding hydrogens is 499 g/mol. The van der Waals surface area contributed by atoms with Gasteiger partial charge in [0, 0.05) is 57.5 Å². The Bertz CT molecular complexity index is 792. The van der Waals surface area contributed by atoms with Crippen molar-refractivity contribution >= 4 is 47.4 Å². The lowest BCUT2D eigenvalue weighted by Gasteiger charge is -2.33. The number of rotatable bonds is 6.